The van der Waals surface area contributed by atoms with E-state index in [-0.39, 0.29) is 36.6 Å². The summed E-state index contributed by atoms with van der Waals surface area (Å²) in [6.07, 6.45) is 1.37. The number of halogens is 1. The Kier molecular flexibility index (Phi) is 8.97. The number of aryl methyl sites for hydroxylation is 1. The van der Waals surface area contributed by atoms with Crippen molar-refractivity contribution in [2.24, 2.45) is 0 Å². The molecule has 5 heteroatoms. The summed E-state index contributed by atoms with van der Waals surface area (Å²) in [4.78, 5) is 28.7. The van der Waals surface area contributed by atoms with Crippen LogP contribution in [0, 0.1) is 12.7 Å². The highest BCUT2D eigenvalue weighted by molar-refractivity contribution is 5.89. The fraction of sp³-hybridized carbons (Fsp3) is 0.310. The van der Waals surface area contributed by atoms with E-state index < -0.39 is 6.04 Å². The highest BCUT2D eigenvalue weighted by Crippen LogP contribution is 2.18. The van der Waals surface area contributed by atoms with Crippen LogP contribution in [0.3, 0.4) is 0 Å². The minimum atomic E-state index is -0.696. The fourth-order valence-corrected chi connectivity index (χ4v) is 3.88. The molecule has 0 spiro atoms. The van der Waals surface area contributed by atoms with Crippen LogP contribution in [0.15, 0.2) is 78.9 Å². The maximum absolute atomic E-state index is 13.7. The Morgan fingerprint density at radius 1 is 0.912 bits per heavy atom. The standard InChI is InChI=1S/C29H33FN2O2/c1-4-22(3)31-29(34)27(18-23-10-6-5-7-11-23)32(20-24-13-15-26(30)16-14-24)28(33)19-25-12-8-9-21(2)17-25/h5-17,22,27H,4,18-20H2,1-3H3,(H,31,34)/t22-,27+/m1/s1. The number of nitrogens with one attached hydrogen (secondary N) is 1. The molecule has 2 amide bonds. The molecule has 0 aliphatic rings. The van der Waals surface area contributed by atoms with Gasteiger partial charge >= 0.3 is 0 Å². The summed E-state index contributed by atoms with van der Waals surface area (Å²) in [6, 6.07) is 22.9. The van der Waals surface area contributed by atoms with Crippen molar-refractivity contribution in [3.8, 4) is 0 Å². The van der Waals surface area contributed by atoms with E-state index in [1.54, 1.807) is 17.0 Å². The Labute approximate surface area is 201 Å². The molecule has 0 aliphatic heterocycles. The molecule has 178 valence electrons. The van der Waals surface area contributed by atoms with Gasteiger partial charge in [-0.1, -0.05) is 79.2 Å². The summed E-state index contributed by atoms with van der Waals surface area (Å²) in [5.41, 5.74) is 3.72. The minimum Gasteiger partial charge on any atom is -0.352 e. The maximum Gasteiger partial charge on any atom is 0.243 e. The van der Waals surface area contributed by atoms with Gasteiger partial charge in [-0.2, -0.15) is 0 Å². The van der Waals surface area contributed by atoms with Crippen LogP contribution in [-0.2, 0) is 29.0 Å². The number of hydrogen-bond donors (Lipinski definition) is 1. The van der Waals surface area contributed by atoms with Crippen LogP contribution < -0.4 is 5.32 Å². The second-order valence-corrected chi connectivity index (χ2v) is 8.84. The van der Waals surface area contributed by atoms with Gasteiger partial charge < -0.3 is 10.2 Å². The third-order valence-corrected chi connectivity index (χ3v) is 5.98. The first-order valence-corrected chi connectivity index (χ1v) is 11.8. The summed E-state index contributed by atoms with van der Waals surface area (Å²) in [6.45, 7) is 6.17. The smallest absolute Gasteiger partial charge is 0.243 e. The van der Waals surface area contributed by atoms with Gasteiger partial charge in [-0.15, -0.1) is 0 Å². The van der Waals surface area contributed by atoms with Crippen LogP contribution in [0.2, 0.25) is 0 Å². The number of hydrogen-bond acceptors (Lipinski definition) is 2. The Morgan fingerprint density at radius 3 is 2.24 bits per heavy atom. The Hall–Kier alpha value is -3.47. The minimum absolute atomic E-state index is 0.00896. The van der Waals surface area contributed by atoms with Gasteiger partial charge in [0.2, 0.25) is 11.8 Å². The lowest BCUT2D eigenvalue weighted by atomic mass is 10.0. The van der Waals surface area contributed by atoms with Gasteiger partial charge in [0.05, 0.1) is 6.42 Å². The van der Waals surface area contributed by atoms with E-state index in [1.807, 2.05) is 75.4 Å². The van der Waals surface area contributed by atoms with Crippen molar-refractivity contribution in [1.29, 1.82) is 0 Å². The summed E-state index contributed by atoms with van der Waals surface area (Å²) < 4.78 is 13.5. The average Bonchev–Trinajstić information content (AvgIpc) is 2.83. The summed E-state index contributed by atoms with van der Waals surface area (Å²) in [5.74, 6) is -0.662. The third kappa shape index (κ3) is 7.27. The molecule has 0 aliphatic carbocycles. The molecule has 3 rings (SSSR count). The monoisotopic (exact) mass is 460 g/mol. The quantitative estimate of drug-likeness (QED) is 0.450. The zero-order chi connectivity index (χ0) is 24.5. The van der Waals surface area contributed by atoms with Crippen molar-refractivity contribution in [2.75, 3.05) is 0 Å². The van der Waals surface area contributed by atoms with E-state index in [4.69, 9.17) is 0 Å². The molecular weight excluding hydrogens is 427 g/mol. The summed E-state index contributed by atoms with van der Waals surface area (Å²) in [5, 5.41) is 3.06. The number of nitrogens with zero attached hydrogens (tertiary/aromatic N) is 1. The van der Waals surface area contributed by atoms with Crippen LogP contribution >= 0.6 is 0 Å². The number of rotatable bonds is 10. The predicted molar refractivity (Wildman–Crippen MR) is 134 cm³/mol. The van der Waals surface area contributed by atoms with Gasteiger partial charge in [-0.25, -0.2) is 4.39 Å². The van der Waals surface area contributed by atoms with Gasteiger partial charge in [0.1, 0.15) is 11.9 Å². The molecule has 34 heavy (non-hydrogen) atoms. The predicted octanol–water partition coefficient (Wildman–Crippen LogP) is 5.23. The SMILES string of the molecule is CC[C@@H](C)NC(=O)[C@H](Cc1ccccc1)N(Cc1ccc(F)cc1)C(=O)Cc1cccc(C)c1. The van der Waals surface area contributed by atoms with E-state index in [0.717, 1.165) is 28.7 Å². The van der Waals surface area contributed by atoms with Gasteiger partial charge in [0.25, 0.3) is 0 Å². The highest BCUT2D eigenvalue weighted by Gasteiger charge is 2.31. The normalized spacial score (nSPS) is 12.6. The second kappa shape index (κ2) is 12.1. The van der Waals surface area contributed by atoms with E-state index in [1.165, 1.54) is 12.1 Å². The Morgan fingerprint density at radius 2 is 1.59 bits per heavy atom. The van der Waals surface area contributed by atoms with E-state index >= 15 is 0 Å². The Bertz CT molecular complexity index is 1080. The van der Waals surface area contributed by atoms with Crippen LogP contribution in [0.1, 0.15) is 42.5 Å². The lowest BCUT2D eigenvalue weighted by molar-refractivity contribution is -0.141. The van der Waals surface area contributed by atoms with Crippen molar-refractivity contribution in [2.45, 2.75) is 58.7 Å². The lowest BCUT2D eigenvalue weighted by Crippen LogP contribution is -2.52. The molecule has 3 aromatic carbocycles. The zero-order valence-corrected chi connectivity index (χ0v) is 20.1. The fourth-order valence-electron chi connectivity index (χ4n) is 3.88. The molecule has 0 saturated heterocycles. The van der Waals surface area contributed by atoms with E-state index in [0.29, 0.717) is 6.42 Å². The molecular formula is C29H33FN2O2. The molecule has 2 atom stereocenters. The maximum atomic E-state index is 13.7. The molecule has 1 N–H and O–H groups in total. The number of carbonyl (C=O) groups is 2. The molecule has 0 radical (unpaired) electrons. The number of benzene rings is 3. The summed E-state index contributed by atoms with van der Waals surface area (Å²) in [7, 11) is 0. The van der Waals surface area contributed by atoms with Gasteiger partial charge in [0.15, 0.2) is 0 Å². The van der Waals surface area contributed by atoms with E-state index in [2.05, 4.69) is 5.32 Å². The molecule has 0 fully saturated rings. The first-order chi connectivity index (χ1) is 16.4. The van der Waals surface area contributed by atoms with Crippen molar-refractivity contribution in [3.05, 3.63) is 107 Å². The van der Waals surface area contributed by atoms with Crippen LogP contribution in [0.4, 0.5) is 4.39 Å². The largest absolute Gasteiger partial charge is 0.352 e. The number of carbonyl (C=O) groups excluding carboxylic acids is 2. The van der Waals surface area contributed by atoms with E-state index in [9.17, 15) is 14.0 Å². The molecule has 3 aromatic rings. The van der Waals surface area contributed by atoms with Crippen LogP contribution in [-0.4, -0.2) is 28.8 Å². The number of amides is 2. The Balaban J connectivity index is 1.96. The second-order valence-electron chi connectivity index (χ2n) is 8.84. The van der Waals surface area contributed by atoms with Gasteiger partial charge in [-0.3, -0.25) is 9.59 Å². The highest BCUT2D eigenvalue weighted by atomic mass is 19.1. The van der Waals surface area contributed by atoms with Gasteiger partial charge in [-0.05, 0) is 49.1 Å². The molecule has 4 nitrogen and oxygen atoms in total. The first-order valence-electron chi connectivity index (χ1n) is 11.8. The van der Waals surface area contributed by atoms with Crippen LogP contribution in [0.25, 0.3) is 0 Å². The molecule has 0 aromatic heterocycles. The average molecular weight is 461 g/mol. The molecule has 0 heterocycles. The van der Waals surface area contributed by atoms with Crippen LogP contribution in [0.5, 0.6) is 0 Å². The third-order valence-electron chi connectivity index (χ3n) is 5.98. The molecule has 0 bridgehead atoms. The summed E-state index contributed by atoms with van der Waals surface area (Å²) >= 11 is 0. The van der Waals surface area contributed by atoms with Crippen molar-refractivity contribution >= 4 is 11.8 Å². The zero-order valence-electron chi connectivity index (χ0n) is 20.1. The first kappa shape index (κ1) is 25.2. The molecule has 0 saturated carbocycles. The topological polar surface area (TPSA) is 49.4 Å². The van der Waals surface area contributed by atoms with Crippen molar-refractivity contribution in [3.63, 3.8) is 0 Å². The van der Waals surface area contributed by atoms with Gasteiger partial charge in [0, 0.05) is 19.0 Å². The van der Waals surface area contributed by atoms with Crippen molar-refractivity contribution < 1.29 is 14.0 Å². The van der Waals surface area contributed by atoms with Crippen molar-refractivity contribution in [1.82, 2.24) is 10.2 Å². The molecule has 0 unspecified atom stereocenters. The lowest BCUT2D eigenvalue weighted by Gasteiger charge is -2.32.